The van der Waals surface area contributed by atoms with Gasteiger partial charge in [0, 0.05) is 6.42 Å². The smallest absolute Gasteiger partial charge is 0.374 e. The summed E-state index contributed by atoms with van der Waals surface area (Å²) in [5, 5.41) is 0. The van der Waals surface area contributed by atoms with Crippen LogP contribution in [-0.4, -0.2) is 18.4 Å². The summed E-state index contributed by atoms with van der Waals surface area (Å²) in [6.07, 6.45) is 18.4. The third-order valence-electron chi connectivity index (χ3n) is 4.53. The maximum absolute atomic E-state index is 11.6. The van der Waals surface area contributed by atoms with E-state index >= 15 is 0 Å². The van der Waals surface area contributed by atoms with Crippen molar-refractivity contribution in [1.82, 2.24) is 0 Å². The normalized spacial score (nSPS) is 11.0. The van der Waals surface area contributed by atoms with Crippen molar-refractivity contribution in [3.8, 4) is 0 Å². The largest absolute Gasteiger partial charge is 0.460 e. The number of hydrogen-bond donors (Lipinski definition) is 0. The summed E-state index contributed by atoms with van der Waals surface area (Å²) in [6.45, 7) is 6.53. The van der Waals surface area contributed by atoms with Crippen LogP contribution in [-0.2, 0) is 14.3 Å². The maximum Gasteiger partial charge on any atom is 0.374 e. The highest BCUT2D eigenvalue weighted by Gasteiger charge is 2.14. The second-order valence-electron chi connectivity index (χ2n) is 7.76. The second kappa shape index (κ2) is 17.9. The van der Waals surface area contributed by atoms with Gasteiger partial charge in [-0.05, 0) is 12.3 Å². The second-order valence-corrected chi connectivity index (χ2v) is 7.76. The molecule has 0 saturated heterocycles. The van der Waals surface area contributed by atoms with Crippen LogP contribution in [0.1, 0.15) is 117 Å². The van der Waals surface area contributed by atoms with Crippen molar-refractivity contribution in [3.63, 3.8) is 0 Å². The Morgan fingerprint density at radius 3 is 1.48 bits per heavy atom. The van der Waals surface area contributed by atoms with Gasteiger partial charge in [-0.25, -0.2) is 4.79 Å². The number of unbranched alkanes of at least 4 members (excludes halogenated alkanes) is 13. The lowest BCUT2D eigenvalue weighted by molar-refractivity contribution is -0.154. The van der Waals surface area contributed by atoms with E-state index in [-0.39, 0.29) is 11.7 Å². The Morgan fingerprint density at radius 1 is 0.680 bits per heavy atom. The van der Waals surface area contributed by atoms with E-state index in [0.29, 0.717) is 13.0 Å². The van der Waals surface area contributed by atoms with Gasteiger partial charge in [-0.1, -0.05) is 104 Å². The third-order valence-corrected chi connectivity index (χ3v) is 4.53. The highest BCUT2D eigenvalue weighted by Crippen LogP contribution is 2.13. The molecule has 0 saturated carbocycles. The number of rotatable bonds is 18. The monoisotopic (exact) mass is 354 g/mol. The van der Waals surface area contributed by atoms with Gasteiger partial charge in [0.15, 0.2) is 0 Å². The molecule has 0 unspecified atom stereocenters. The van der Waals surface area contributed by atoms with Crippen LogP contribution in [0.25, 0.3) is 0 Å². The summed E-state index contributed by atoms with van der Waals surface area (Å²) in [6, 6.07) is 0. The fourth-order valence-electron chi connectivity index (χ4n) is 2.91. The first-order valence-electron chi connectivity index (χ1n) is 10.8. The van der Waals surface area contributed by atoms with Crippen LogP contribution in [0.2, 0.25) is 0 Å². The molecule has 0 aromatic carbocycles. The Kier molecular flexibility index (Phi) is 17.3. The van der Waals surface area contributed by atoms with Crippen LogP contribution < -0.4 is 0 Å². The SMILES string of the molecule is CCCCCCCCCCCCCCCCC(=O)C(=O)OCC(C)C. The molecule has 0 bridgehead atoms. The molecule has 148 valence electrons. The lowest BCUT2D eigenvalue weighted by atomic mass is 10.0. The molecule has 0 rings (SSSR count). The van der Waals surface area contributed by atoms with E-state index in [9.17, 15) is 9.59 Å². The molecule has 0 spiro atoms. The topological polar surface area (TPSA) is 43.4 Å². The van der Waals surface area contributed by atoms with Crippen molar-refractivity contribution < 1.29 is 14.3 Å². The molecule has 0 aliphatic rings. The molecule has 0 aliphatic heterocycles. The fraction of sp³-hybridized carbons (Fsp3) is 0.909. The van der Waals surface area contributed by atoms with Crippen molar-refractivity contribution >= 4 is 11.8 Å². The number of ether oxygens (including phenoxy) is 1. The zero-order valence-electron chi connectivity index (χ0n) is 17.1. The van der Waals surface area contributed by atoms with E-state index in [1.165, 1.54) is 77.0 Å². The molecule has 3 heteroatoms. The lowest BCUT2D eigenvalue weighted by Gasteiger charge is -2.06. The molecule has 0 atom stereocenters. The first-order valence-corrected chi connectivity index (χ1v) is 10.8. The molecule has 0 heterocycles. The average Bonchev–Trinajstić information content (AvgIpc) is 2.59. The van der Waals surface area contributed by atoms with Crippen LogP contribution in [0, 0.1) is 5.92 Å². The summed E-state index contributed by atoms with van der Waals surface area (Å²) in [4.78, 5) is 23.0. The quantitative estimate of drug-likeness (QED) is 0.158. The van der Waals surface area contributed by atoms with E-state index in [4.69, 9.17) is 4.74 Å². The summed E-state index contributed by atoms with van der Waals surface area (Å²) in [5.74, 6) is -0.735. The molecule has 0 N–H and O–H groups in total. The minimum atomic E-state index is -0.650. The van der Waals surface area contributed by atoms with Crippen LogP contribution in [0.3, 0.4) is 0 Å². The average molecular weight is 355 g/mol. The molecule has 0 radical (unpaired) electrons. The van der Waals surface area contributed by atoms with E-state index < -0.39 is 5.97 Å². The Balaban J connectivity index is 3.25. The molecule has 0 fully saturated rings. The highest BCUT2D eigenvalue weighted by molar-refractivity contribution is 6.33. The number of carbonyl (C=O) groups is 2. The summed E-state index contributed by atoms with van der Waals surface area (Å²) < 4.78 is 4.95. The molecule has 0 aromatic heterocycles. The minimum absolute atomic E-state index is 0.276. The Morgan fingerprint density at radius 2 is 1.08 bits per heavy atom. The number of Topliss-reactive ketones (excluding diaryl/α,β-unsaturated/α-hetero) is 1. The van der Waals surface area contributed by atoms with Crippen LogP contribution >= 0.6 is 0 Å². The minimum Gasteiger partial charge on any atom is -0.460 e. The number of carbonyl (C=O) groups excluding carboxylic acids is 2. The van der Waals surface area contributed by atoms with Gasteiger partial charge in [-0.15, -0.1) is 0 Å². The summed E-state index contributed by atoms with van der Waals surface area (Å²) in [5.41, 5.74) is 0. The van der Waals surface area contributed by atoms with Crippen LogP contribution in [0.5, 0.6) is 0 Å². The standard InChI is InChI=1S/C22H42O3/c1-4-5-6-7-8-9-10-11-12-13-14-15-16-17-18-21(23)22(24)25-19-20(2)3/h20H,4-19H2,1-3H3. The van der Waals surface area contributed by atoms with E-state index in [1.54, 1.807) is 0 Å². The molecule has 0 aromatic rings. The van der Waals surface area contributed by atoms with Gasteiger partial charge in [0.05, 0.1) is 6.61 Å². The third kappa shape index (κ3) is 17.7. The lowest BCUT2D eigenvalue weighted by Crippen LogP contribution is -2.19. The molecule has 3 nitrogen and oxygen atoms in total. The zero-order valence-corrected chi connectivity index (χ0v) is 17.1. The predicted molar refractivity (Wildman–Crippen MR) is 106 cm³/mol. The highest BCUT2D eigenvalue weighted by atomic mass is 16.5. The maximum atomic E-state index is 11.6. The fourth-order valence-corrected chi connectivity index (χ4v) is 2.91. The van der Waals surface area contributed by atoms with Gasteiger partial charge in [0.25, 0.3) is 0 Å². The van der Waals surface area contributed by atoms with E-state index in [2.05, 4.69) is 6.92 Å². The predicted octanol–water partition coefficient (Wildman–Crippen LogP) is 6.63. The number of hydrogen-bond acceptors (Lipinski definition) is 3. The zero-order chi connectivity index (χ0) is 18.8. The van der Waals surface area contributed by atoms with Gasteiger partial charge in [0.2, 0.25) is 5.78 Å². The Hall–Kier alpha value is -0.860. The first kappa shape index (κ1) is 24.1. The Bertz CT molecular complexity index is 323. The van der Waals surface area contributed by atoms with Crippen molar-refractivity contribution in [2.45, 2.75) is 117 Å². The van der Waals surface area contributed by atoms with Gasteiger partial charge in [0.1, 0.15) is 0 Å². The van der Waals surface area contributed by atoms with Crippen molar-refractivity contribution in [2.24, 2.45) is 5.92 Å². The van der Waals surface area contributed by atoms with E-state index in [1.807, 2.05) is 13.8 Å². The number of ketones is 1. The molecular formula is C22H42O3. The van der Waals surface area contributed by atoms with Gasteiger partial charge in [-0.2, -0.15) is 0 Å². The van der Waals surface area contributed by atoms with Crippen molar-refractivity contribution in [1.29, 1.82) is 0 Å². The van der Waals surface area contributed by atoms with Gasteiger partial charge < -0.3 is 4.74 Å². The summed E-state index contributed by atoms with van der Waals surface area (Å²) >= 11 is 0. The molecule has 25 heavy (non-hydrogen) atoms. The molecular weight excluding hydrogens is 312 g/mol. The van der Waals surface area contributed by atoms with Gasteiger partial charge >= 0.3 is 5.97 Å². The molecule has 0 amide bonds. The van der Waals surface area contributed by atoms with Gasteiger partial charge in [-0.3, -0.25) is 4.79 Å². The van der Waals surface area contributed by atoms with Crippen LogP contribution in [0.4, 0.5) is 0 Å². The van der Waals surface area contributed by atoms with Crippen LogP contribution in [0.15, 0.2) is 0 Å². The van der Waals surface area contributed by atoms with Crippen molar-refractivity contribution in [3.05, 3.63) is 0 Å². The van der Waals surface area contributed by atoms with E-state index in [0.717, 1.165) is 12.8 Å². The number of esters is 1. The first-order chi connectivity index (χ1) is 12.1. The Labute approximate surface area is 156 Å². The van der Waals surface area contributed by atoms with Crippen molar-refractivity contribution in [2.75, 3.05) is 6.61 Å². The molecule has 0 aliphatic carbocycles. The summed E-state index contributed by atoms with van der Waals surface area (Å²) in [7, 11) is 0.